The monoisotopic (exact) mass is 569 g/mol. The number of aliphatic imine (C=N–C) groups is 1. The van der Waals surface area contributed by atoms with Crippen LogP contribution in [0.4, 0.5) is 16.2 Å². The van der Waals surface area contributed by atoms with Gasteiger partial charge in [-0.05, 0) is 87.5 Å². The summed E-state index contributed by atoms with van der Waals surface area (Å²) in [4.78, 5) is 50.1. The van der Waals surface area contributed by atoms with Crippen molar-refractivity contribution in [2.45, 2.75) is 77.8 Å². The molecule has 0 radical (unpaired) electrons. The fourth-order valence-corrected chi connectivity index (χ4v) is 7.45. The molecule has 2 aliphatic carbocycles. The number of aryl methyl sites for hydroxylation is 2. The van der Waals surface area contributed by atoms with Gasteiger partial charge in [0.1, 0.15) is 6.54 Å². The van der Waals surface area contributed by atoms with Gasteiger partial charge in [-0.1, -0.05) is 49.6 Å². The van der Waals surface area contributed by atoms with Crippen LogP contribution in [0, 0.1) is 31.6 Å². The number of amides is 4. The number of fused-ring (bicyclic) bond motifs is 5. The Morgan fingerprint density at radius 2 is 1.60 bits per heavy atom. The highest BCUT2D eigenvalue weighted by molar-refractivity contribution is 6.16. The number of nitrogens with zero attached hydrogens (tertiary/aromatic N) is 3. The number of hydrogen-bond donors (Lipinski definition) is 2. The standard InChI is InChI=1S/C34H43N5O3/c1-22-8-6-12-27(18-22)35-34(42)37-32-33(41)39(21-29(40)38-19-24-14-15-25(20-38)17-16-24)31-23(2)9-7-13-28(31)30(36-32)26-10-4-3-5-11-26/h6-9,12-13,18,24-26,32H,3-5,10-11,14-17,19-21H2,1-2H3,(H2,35,37,42)/t24?,25?,32-/m0/s1. The van der Waals surface area contributed by atoms with Gasteiger partial charge in [0.25, 0.3) is 5.91 Å². The smallest absolute Gasteiger partial charge is 0.321 e. The molecule has 2 bridgehead atoms. The minimum atomic E-state index is -1.13. The number of benzodiazepines with no additional fused rings is 1. The summed E-state index contributed by atoms with van der Waals surface area (Å²) in [6.07, 6.45) is 9.01. The molecule has 2 saturated carbocycles. The van der Waals surface area contributed by atoms with E-state index in [4.69, 9.17) is 4.99 Å². The van der Waals surface area contributed by atoms with Gasteiger partial charge in [0.05, 0.1) is 11.4 Å². The van der Waals surface area contributed by atoms with E-state index in [0.717, 1.165) is 66.9 Å². The summed E-state index contributed by atoms with van der Waals surface area (Å²) >= 11 is 0. The van der Waals surface area contributed by atoms with Crippen molar-refractivity contribution >= 4 is 34.9 Å². The van der Waals surface area contributed by atoms with E-state index in [9.17, 15) is 14.4 Å². The molecule has 7 rings (SSSR count). The van der Waals surface area contributed by atoms with Gasteiger partial charge in [0.15, 0.2) is 0 Å². The van der Waals surface area contributed by atoms with Crippen LogP contribution in [0.2, 0.25) is 0 Å². The lowest BCUT2D eigenvalue weighted by Crippen LogP contribution is -2.52. The largest absolute Gasteiger partial charge is 0.341 e. The number of urea groups is 1. The highest BCUT2D eigenvalue weighted by Crippen LogP contribution is 2.37. The Hall–Kier alpha value is -3.68. The Kier molecular flexibility index (Phi) is 8.31. The van der Waals surface area contributed by atoms with Gasteiger partial charge in [-0.2, -0.15) is 0 Å². The Balaban J connectivity index is 1.33. The molecule has 222 valence electrons. The SMILES string of the molecule is Cc1cccc(NC(=O)N[C@@H]2N=C(C3CCCCC3)c3cccc(C)c3N(CC(=O)N3CC4CCC(CC4)C3)C2=O)c1. The summed E-state index contributed by atoms with van der Waals surface area (Å²) in [5, 5.41) is 5.73. The maximum absolute atomic E-state index is 14.4. The quantitative estimate of drug-likeness (QED) is 0.475. The number of anilines is 2. The van der Waals surface area contributed by atoms with Crippen molar-refractivity contribution in [3.8, 4) is 0 Å². The third-order valence-corrected chi connectivity index (χ3v) is 9.66. The van der Waals surface area contributed by atoms with E-state index in [1.165, 1.54) is 32.1 Å². The van der Waals surface area contributed by atoms with Gasteiger partial charge in [0, 0.05) is 30.3 Å². The maximum Gasteiger partial charge on any atom is 0.321 e. The predicted molar refractivity (Wildman–Crippen MR) is 166 cm³/mol. The van der Waals surface area contributed by atoms with Crippen LogP contribution >= 0.6 is 0 Å². The molecule has 3 aliphatic heterocycles. The van der Waals surface area contributed by atoms with Gasteiger partial charge < -0.3 is 15.5 Å². The van der Waals surface area contributed by atoms with Crippen LogP contribution in [-0.4, -0.2) is 54.3 Å². The first-order chi connectivity index (χ1) is 20.4. The summed E-state index contributed by atoms with van der Waals surface area (Å²) in [6.45, 7) is 5.43. The second kappa shape index (κ2) is 12.3. The summed E-state index contributed by atoms with van der Waals surface area (Å²) in [5.74, 6) is 0.889. The van der Waals surface area contributed by atoms with E-state index in [1.807, 2.05) is 61.2 Å². The topological polar surface area (TPSA) is 94.1 Å². The molecule has 5 aliphatic rings. The van der Waals surface area contributed by atoms with Crippen molar-refractivity contribution in [1.82, 2.24) is 10.2 Å². The Morgan fingerprint density at radius 1 is 0.905 bits per heavy atom. The zero-order chi connectivity index (χ0) is 29.2. The Labute approximate surface area is 248 Å². The fraction of sp³-hybridized carbons (Fsp3) is 0.529. The van der Waals surface area contributed by atoms with E-state index >= 15 is 0 Å². The van der Waals surface area contributed by atoms with E-state index < -0.39 is 12.2 Å². The summed E-state index contributed by atoms with van der Waals surface area (Å²) in [5.41, 5.74) is 5.12. The molecule has 2 aromatic rings. The van der Waals surface area contributed by atoms with Crippen molar-refractivity contribution in [2.24, 2.45) is 22.7 Å². The lowest BCUT2D eigenvalue weighted by molar-refractivity contribution is -0.132. The molecule has 0 aromatic heterocycles. The molecular formula is C34H43N5O3. The van der Waals surface area contributed by atoms with Crippen LogP contribution in [0.25, 0.3) is 0 Å². The van der Waals surface area contributed by atoms with Crippen LogP contribution < -0.4 is 15.5 Å². The lowest BCUT2D eigenvalue weighted by atomic mass is 9.82. The molecule has 2 aromatic carbocycles. The van der Waals surface area contributed by atoms with E-state index in [1.54, 1.807) is 4.90 Å². The van der Waals surface area contributed by atoms with Gasteiger partial charge in [-0.15, -0.1) is 0 Å². The molecule has 2 saturated heterocycles. The van der Waals surface area contributed by atoms with Crippen LogP contribution in [0.15, 0.2) is 47.5 Å². The molecule has 0 spiro atoms. The first-order valence-corrected chi connectivity index (χ1v) is 15.8. The third kappa shape index (κ3) is 6.08. The van der Waals surface area contributed by atoms with Crippen LogP contribution in [0.1, 0.15) is 74.5 Å². The van der Waals surface area contributed by atoms with Gasteiger partial charge in [0.2, 0.25) is 12.1 Å². The average molecular weight is 570 g/mol. The highest BCUT2D eigenvalue weighted by Gasteiger charge is 2.39. The second-order valence-corrected chi connectivity index (χ2v) is 12.8. The number of rotatable bonds is 5. The van der Waals surface area contributed by atoms with Crippen LogP contribution in [0.5, 0.6) is 0 Å². The average Bonchev–Trinajstić information content (AvgIpc) is 3.37. The molecule has 8 heteroatoms. The lowest BCUT2D eigenvalue weighted by Gasteiger charge is -2.30. The molecule has 3 heterocycles. The van der Waals surface area contributed by atoms with Gasteiger partial charge in [-0.25, -0.2) is 4.79 Å². The van der Waals surface area contributed by atoms with Crippen molar-refractivity contribution in [3.05, 3.63) is 59.2 Å². The van der Waals surface area contributed by atoms with Crippen molar-refractivity contribution < 1.29 is 14.4 Å². The predicted octanol–water partition coefficient (Wildman–Crippen LogP) is 5.82. The maximum atomic E-state index is 14.4. The Morgan fingerprint density at radius 3 is 2.29 bits per heavy atom. The number of benzene rings is 2. The number of carbonyl (C=O) groups excluding carboxylic acids is 3. The van der Waals surface area contributed by atoms with Crippen molar-refractivity contribution in [3.63, 3.8) is 0 Å². The number of carbonyl (C=O) groups is 3. The molecule has 4 amide bonds. The van der Waals surface area contributed by atoms with Gasteiger partial charge >= 0.3 is 6.03 Å². The number of nitrogens with one attached hydrogen (secondary N) is 2. The highest BCUT2D eigenvalue weighted by atomic mass is 16.2. The molecule has 42 heavy (non-hydrogen) atoms. The number of hydrogen-bond acceptors (Lipinski definition) is 4. The van der Waals surface area contributed by atoms with Crippen LogP contribution in [-0.2, 0) is 9.59 Å². The normalized spacial score (nSPS) is 24.4. The summed E-state index contributed by atoms with van der Waals surface area (Å²) in [7, 11) is 0. The van der Waals surface area contributed by atoms with Crippen molar-refractivity contribution in [2.75, 3.05) is 29.9 Å². The zero-order valence-electron chi connectivity index (χ0n) is 24.9. The van der Waals surface area contributed by atoms with E-state index in [2.05, 4.69) is 10.6 Å². The number of para-hydroxylation sites is 1. The summed E-state index contributed by atoms with van der Waals surface area (Å²) in [6, 6.07) is 13.1. The molecule has 2 N–H and O–H groups in total. The first kappa shape index (κ1) is 28.4. The zero-order valence-corrected chi connectivity index (χ0v) is 24.9. The van der Waals surface area contributed by atoms with E-state index in [0.29, 0.717) is 17.5 Å². The minimum Gasteiger partial charge on any atom is -0.341 e. The molecular weight excluding hydrogens is 526 g/mol. The summed E-state index contributed by atoms with van der Waals surface area (Å²) < 4.78 is 0. The molecule has 1 atom stereocenters. The molecule has 8 nitrogen and oxygen atoms in total. The van der Waals surface area contributed by atoms with Crippen LogP contribution in [0.3, 0.4) is 0 Å². The minimum absolute atomic E-state index is 0.0274. The second-order valence-electron chi connectivity index (χ2n) is 12.8. The van der Waals surface area contributed by atoms with E-state index in [-0.39, 0.29) is 24.3 Å². The fourth-order valence-electron chi connectivity index (χ4n) is 7.45. The molecule has 0 unspecified atom stereocenters. The molecule has 4 fully saturated rings. The third-order valence-electron chi connectivity index (χ3n) is 9.66. The first-order valence-electron chi connectivity index (χ1n) is 15.8. The Bertz CT molecular complexity index is 1360. The van der Waals surface area contributed by atoms with Crippen molar-refractivity contribution in [1.29, 1.82) is 0 Å². The van der Waals surface area contributed by atoms with Gasteiger partial charge in [-0.3, -0.25) is 19.5 Å².